The maximum absolute atomic E-state index is 13.7. The van der Waals surface area contributed by atoms with Gasteiger partial charge in [-0.15, -0.1) is 40.0 Å². The van der Waals surface area contributed by atoms with Gasteiger partial charge in [-0.05, 0) is 30.7 Å². The molecule has 25 heteroatoms. The molecule has 1 saturated heterocycles. The van der Waals surface area contributed by atoms with Gasteiger partial charge in [-0.3, -0.25) is 24.1 Å². The Bertz CT molecular complexity index is 2450. The predicted octanol–water partition coefficient (Wildman–Crippen LogP) is 1.10. The molecule has 57 heavy (non-hydrogen) atoms. The van der Waals surface area contributed by atoms with Gasteiger partial charge in [-0.2, -0.15) is 9.50 Å². The first-order valence-corrected chi connectivity index (χ1v) is 18.9. The van der Waals surface area contributed by atoms with Crippen LogP contribution in [0.15, 0.2) is 51.1 Å². The van der Waals surface area contributed by atoms with Crippen LogP contribution in [0.4, 0.5) is 5.13 Å². The lowest BCUT2D eigenvalue weighted by atomic mass is 10.0. The molecular formula is C32H27N9O13S3. The first-order valence-electron chi connectivity index (χ1n) is 16.0. The quantitative estimate of drug-likeness (QED) is 0.0226. The molecule has 0 saturated carbocycles. The minimum atomic E-state index is -1.92. The number of thiazole rings is 1. The van der Waals surface area contributed by atoms with Gasteiger partial charge in [-0.25, -0.2) is 24.4 Å². The molecule has 6 N–H and O–H groups in total. The lowest BCUT2D eigenvalue weighted by Gasteiger charge is -2.49. The number of aromatic carboxylic acids is 1. The van der Waals surface area contributed by atoms with Crippen molar-refractivity contribution in [1.29, 1.82) is 0 Å². The molecule has 5 heterocycles. The number of amides is 2. The van der Waals surface area contributed by atoms with Gasteiger partial charge in [0, 0.05) is 42.0 Å². The van der Waals surface area contributed by atoms with E-state index in [1.807, 2.05) is 0 Å². The van der Waals surface area contributed by atoms with Crippen LogP contribution in [0.2, 0.25) is 0 Å². The number of fused-ring (bicyclic) bond motifs is 2. The van der Waals surface area contributed by atoms with Gasteiger partial charge in [-0.1, -0.05) is 11.2 Å². The summed E-state index contributed by atoms with van der Waals surface area (Å²) >= 11 is 3.22. The number of aromatic nitrogens is 5. The number of hydrogen-bond acceptors (Lipinski definition) is 19. The molecule has 1 unspecified atom stereocenters. The summed E-state index contributed by atoms with van der Waals surface area (Å²) in [5.41, 5.74) is 5.48. The Kier molecular flexibility index (Phi) is 11.4. The second-order valence-electron chi connectivity index (χ2n) is 11.8. The molecule has 2 aliphatic rings. The monoisotopic (exact) mass is 841 g/mol. The normalized spacial score (nSPS) is 17.0. The smallest absolute Gasteiger partial charge is 0.375 e. The Hall–Kier alpha value is -6.60. The number of carbonyl (C=O) groups is 7. The van der Waals surface area contributed by atoms with Crippen molar-refractivity contribution in [3.05, 3.63) is 63.7 Å². The molecule has 6 rings (SSSR count). The van der Waals surface area contributed by atoms with Crippen LogP contribution in [0.25, 0.3) is 5.78 Å². The Morgan fingerprint density at radius 3 is 2.39 bits per heavy atom. The van der Waals surface area contributed by atoms with Gasteiger partial charge in [0.05, 0.1) is 0 Å². The number of nitrogens with one attached hydrogen (secondary N) is 1. The van der Waals surface area contributed by atoms with Crippen LogP contribution in [0, 0.1) is 6.92 Å². The van der Waals surface area contributed by atoms with Crippen molar-refractivity contribution in [2.45, 2.75) is 43.3 Å². The number of hydrogen-bond donors (Lipinski definition) is 5. The minimum Gasteiger partial charge on any atom is -0.478 e. The predicted molar refractivity (Wildman–Crippen MR) is 196 cm³/mol. The maximum Gasteiger partial charge on any atom is 0.375 e. The van der Waals surface area contributed by atoms with Crippen molar-refractivity contribution in [2.75, 3.05) is 17.2 Å². The largest absolute Gasteiger partial charge is 0.478 e. The molecule has 22 nitrogen and oxygen atoms in total. The third kappa shape index (κ3) is 8.48. The Morgan fingerprint density at radius 2 is 1.75 bits per heavy atom. The summed E-state index contributed by atoms with van der Waals surface area (Å²) in [6.45, 7) is 3.84. The van der Waals surface area contributed by atoms with Crippen LogP contribution in [0.5, 0.6) is 11.5 Å². The Labute approximate surface area is 331 Å². The summed E-state index contributed by atoms with van der Waals surface area (Å²) in [5.74, 6) is -8.46. The van der Waals surface area contributed by atoms with E-state index in [2.05, 4.69) is 30.5 Å². The molecule has 0 bridgehead atoms. The van der Waals surface area contributed by atoms with Gasteiger partial charge in [0.15, 0.2) is 22.3 Å². The number of carboxylic acid groups (broad SMARTS) is 3. The number of esters is 2. The number of rotatable bonds is 14. The first kappa shape index (κ1) is 40.1. The topological polar surface area (TPSA) is 317 Å². The Morgan fingerprint density at radius 1 is 1.04 bits per heavy atom. The first-order chi connectivity index (χ1) is 27.0. The van der Waals surface area contributed by atoms with E-state index in [1.54, 1.807) is 13.0 Å². The van der Waals surface area contributed by atoms with Crippen molar-refractivity contribution >= 4 is 93.1 Å². The number of carbonyl (C=O) groups excluding carboxylic acids is 4. The van der Waals surface area contributed by atoms with E-state index in [4.69, 9.17) is 20.0 Å². The minimum absolute atomic E-state index is 0.0107. The lowest BCUT2D eigenvalue weighted by Crippen LogP contribution is -2.71. The van der Waals surface area contributed by atoms with Gasteiger partial charge in [0.2, 0.25) is 6.10 Å². The fourth-order valence-corrected chi connectivity index (χ4v) is 8.51. The second kappa shape index (κ2) is 16.2. The van der Waals surface area contributed by atoms with Gasteiger partial charge in [0.1, 0.15) is 27.8 Å². The van der Waals surface area contributed by atoms with Crippen LogP contribution in [0.1, 0.15) is 47.5 Å². The zero-order chi connectivity index (χ0) is 41.3. The van der Waals surface area contributed by atoms with Crippen molar-refractivity contribution in [3.8, 4) is 11.5 Å². The zero-order valence-electron chi connectivity index (χ0n) is 29.4. The molecule has 296 valence electrons. The highest BCUT2D eigenvalue weighted by molar-refractivity contribution is 8.01. The van der Waals surface area contributed by atoms with E-state index in [-0.39, 0.29) is 50.9 Å². The molecule has 0 aliphatic carbocycles. The number of aryl methyl sites for hydroxylation is 1. The molecule has 0 radical (unpaired) electrons. The fraction of sp³-hybridized carbons (Fsp3) is 0.250. The van der Waals surface area contributed by atoms with Crippen molar-refractivity contribution in [3.63, 3.8) is 0 Å². The number of anilines is 1. The maximum atomic E-state index is 13.7. The number of aliphatic carboxylic acids is 2. The zero-order valence-corrected chi connectivity index (χ0v) is 31.8. The third-order valence-corrected chi connectivity index (χ3v) is 10.9. The average molecular weight is 842 g/mol. The third-order valence-electron chi connectivity index (χ3n) is 7.76. The fourth-order valence-electron chi connectivity index (χ4n) is 5.43. The van der Waals surface area contributed by atoms with E-state index >= 15 is 0 Å². The molecule has 1 fully saturated rings. The summed E-state index contributed by atoms with van der Waals surface area (Å²) in [5, 5.41) is 40.7. The van der Waals surface area contributed by atoms with E-state index in [1.165, 1.54) is 33.8 Å². The number of carboxylic acids is 3. The van der Waals surface area contributed by atoms with E-state index in [0.29, 0.717) is 16.3 Å². The summed E-state index contributed by atoms with van der Waals surface area (Å²) in [7, 11) is 0. The second-order valence-corrected chi connectivity index (χ2v) is 14.8. The van der Waals surface area contributed by atoms with Gasteiger partial charge in [0.25, 0.3) is 23.4 Å². The number of benzene rings is 1. The molecule has 3 aromatic heterocycles. The highest BCUT2D eigenvalue weighted by Gasteiger charge is 2.54. The van der Waals surface area contributed by atoms with Crippen LogP contribution in [-0.2, 0) is 33.6 Å². The molecule has 0 spiro atoms. The number of nitrogens with zero attached hydrogens (tertiary/aromatic N) is 7. The van der Waals surface area contributed by atoms with Crippen molar-refractivity contribution in [1.82, 2.24) is 34.8 Å². The highest BCUT2D eigenvalue weighted by Crippen LogP contribution is 2.42. The lowest BCUT2D eigenvalue weighted by molar-refractivity contribution is -0.151. The molecule has 1 aromatic carbocycles. The standard InChI is InChI=1S/C32H27N9O13S3/c1-11-6-19(41-32(34-11)37-24(38-41)30(50)51)55-8-15-9-56-27-21(26(45)40(27)22(15)28(46)47)36-25(44)20(16-10-57-31(33)35-16)39-54-23(29(48)49)14-4-5-17(52-12(2)42)18(7-14)53-13(3)43/h4-7,10,21,23,27H,8-9H2,1-3H3,(H2,33,35)(H,36,44)(H,46,47)(H,48,49)(H,50,51)/t21-,23?,27-/m1/s1. The van der Waals surface area contributed by atoms with Crippen LogP contribution in [0.3, 0.4) is 0 Å². The molecule has 3 atom stereocenters. The van der Waals surface area contributed by atoms with Crippen LogP contribution < -0.4 is 20.5 Å². The summed E-state index contributed by atoms with van der Waals surface area (Å²) in [6, 6.07) is 3.80. The van der Waals surface area contributed by atoms with E-state index in [9.17, 15) is 48.9 Å². The summed E-state index contributed by atoms with van der Waals surface area (Å²) < 4.78 is 11.3. The number of ether oxygens (including phenoxy) is 2. The highest BCUT2D eigenvalue weighted by atomic mass is 32.2. The number of nitrogens with two attached hydrogens (primary N) is 1. The molecule has 2 aliphatic heterocycles. The molecule has 4 aromatic rings. The van der Waals surface area contributed by atoms with Crippen LogP contribution in [-0.4, -0.2) is 115 Å². The van der Waals surface area contributed by atoms with E-state index in [0.717, 1.165) is 47.9 Å². The number of thioether (sulfide) groups is 2. The molecular weight excluding hydrogens is 815 g/mol. The summed E-state index contributed by atoms with van der Waals surface area (Å²) in [6.07, 6.45) is -1.92. The average Bonchev–Trinajstić information content (AvgIpc) is 3.77. The summed E-state index contributed by atoms with van der Waals surface area (Å²) in [4.78, 5) is 105. The SMILES string of the molecule is CC(=O)Oc1ccc(C(ON=C(C(=O)N[C@@H]2C(=O)N3C(C(=O)O)=C(CSc4cc(C)nc5nc(C(=O)O)nn45)CS[C@H]23)c2csc(N)n2)C(=O)O)cc1OC(C)=O. The van der Waals surface area contributed by atoms with Gasteiger partial charge >= 0.3 is 29.8 Å². The van der Waals surface area contributed by atoms with Crippen LogP contribution >= 0.6 is 34.9 Å². The van der Waals surface area contributed by atoms with Gasteiger partial charge < -0.3 is 40.7 Å². The Balaban J connectivity index is 1.22. The molecule has 2 amide bonds. The number of β-lactam (4-membered cyclic amide) rings is 1. The number of nitrogen functional groups attached to an aromatic ring is 1. The van der Waals surface area contributed by atoms with E-state index < -0.39 is 70.7 Å². The van der Waals surface area contributed by atoms with Crippen molar-refractivity contribution in [2.24, 2.45) is 5.16 Å². The van der Waals surface area contributed by atoms with Crippen molar-refractivity contribution < 1.29 is 63.2 Å². The number of oxime groups is 1.